The lowest BCUT2D eigenvalue weighted by molar-refractivity contribution is -0.136. The average molecular weight is 424 g/mol. The highest BCUT2D eigenvalue weighted by atomic mass is 35.5. The van der Waals surface area contributed by atoms with Crippen molar-refractivity contribution >= 4 is 23.4 Å². The van der Waals surface area contributed by atoms with E-state index in [2.05, 4.69) is 4.90 Å². The summed E-state index contributed by atoms with van der Waals surface area (Å²) in [6.07, 6.45) is 3.25. The molecule has 1 aromatic rings. The molecule has 0 bridgehead atoms. The number of carbonyl (C=O) groups excluding carboxylic acids is 2. The van der Waals surface area contributed by atoms with Crippen molar-refractivity contribution in [1.82, 2.24) is 9.80 Å². The van der Waals surface area contributed by atoms with Crippen molar-refractivity contribution in [2.24, 2.45) is 11.7 Å². The van der Waals surface area contributed by atoms with Crippen molar-refractivity contribution < 1.29 is 19.4 Å². The Bertz CT molecular complexity index is 724. The number of aliphatic hydroxyl groups is 1. The van der Waals surface area contributed by atoms with Gasteiger partial charge in [-0.15, -0.1) is 0 Å². The van der Waals surface area contributed by atoms with Crippen LogP contribution in [0.5, 0.6) is 5.75 Å². The molecule has 3 rings (SSSR count). The molecule has 2 amide bonds. The van der Waals surface area contributed by atoms with Crippen LogP contribution in [0.4, 0.5) is 0 Å². The molecule has 160 valence electrons. The number of hydrogen-bond donors (Lipinski definition) is 2. The Morgan fingerprint density at radius 2 is 1.97 bits per heavy atom. The Hall–Kier alpha value is -1.83. The summed E-state index contributed by atoms with van der Waals surface area (Å²) in [5.41, 5.74) is 4.44. The predicted molar refractivity (Wildman–Crippen MR) is 111 cm³/mol. The highest BCUT2D eigenvalue weighted by Crippen LogP contribution is 2.25. The van der Waals surface area contributed by atoms with Gasteiger partial charge in [0, 0.05) is 30.6 Å². The van der Waals surface area contributed by atoms with Gasteiger partial charge in [0.2, 0.25) is 11.8 Å². The van der Waals surface area contributed by atoms with Gasteiger partial charge in [-0.1, -0.05) is 17.7 Å². The van der Waals surface area contributed by atoms with Crippen LogP contribution in [-0.2, 0) is 9.59 Å². The van der Waals surface area contributed by atoms with Crippen LogP contribution in [0, 0.1) is 5.92 Å². The van der Waals surface area contributed by atoms with E-state index in [-0.39, 0.29) is 24.3 Å². The van der Waals surface area contributed by atoms with Gasteiger partial charge >= 0.3 is 0 Å². The van der Waals surface area contributed by atoms with E-state index in [0.29, 0.717) is 62.6 Å². The second-order valence-electron chi connectivity index (χ2n) is 8.16. The molecule has 2 aliphatic rings. The van der Waals surface area contributed by atoms with Crippen LogP contribution in [0.2, 0.25) is 5.02 Å². The van der Waals surface area contributed by atoms with E-state index in [1.54, 1.807) is 12.1 Å². The van der Waals surface area contributed by atoms with Crippen molar-refractivity contribution in [2.75, 3.05) is 39.3 Å². The summed E-state index contributed by atoms with van der Waals surface area (Å²) >= 11 is 5.97. The van der Waals surface area contributed by atoms with E-state index in [4.69, 9.17) is 22.1 Å². The third kappa shape index (κ3) is 6.32. The summed E-state index contributed by atoms with van der Waals surface area (Å²) in [5.74, 6) is 0.325. The molecule has 0 aliphatic carbocycles. The van der Waals surface area contributed by atoms with Crippen LogP contribution in [0.3, 0.4) is 0 Å². The molecule has 3 N–H and O–H groups in total. The summed E-state index contributed by atoms with van der Waals surface area (Å²) in [7, 11) is 0. The van der Waals surface area contributed by atoms with Crippen molar-refractivity contribution in [3.05, 3.63) is 29.3 Å². The highest BCUT2D eigenvalue weighted by Gasteiger charge is 2.32. The highest BCUT2D eigenvalue weighted by molar-refractivity contribution is 6.30. The second kappa shape index (κ2) is 9.78. The van der Waals surface area contributed by atoms with E-state index in [1.807, 2.05) is 17.0 Å². The van der Waals surface area contributed by atoms with Gasteiger partial charge in [-0.2, -0.15) is 0 Å². The predicted octanol–water partition coefficient (Wildman–Crippen LogP) is 1.66. The number of nitrogens with zero attached hydrogens (tertiary/aromatic N) is 2. The minimum atomic E-state index is -0.917. The lowest BCUT2D eigenvalue weighted by Crippen LogP contribution is -2.46. The van der Waals surface area contributed by atoms with Gasteiger partial charge < -0.3 is 20.5 Å². The fourth-order valence-corrected chi connectivity index (χ4v) is 4.20. The first-order valence-electron chi connectivity index (χ1n) is 10.2. The summed E-state index contributed by atoms with van der Waals surface area (Å²) in [5, 5.41) is 11.5. The molecular formula is C21H30ClN3O4. The Labute approximate surface area is 176 Å². The Morgan fingerprint density at radius 3 is 2.66 bits per heavy atom. The first-order chi connectivity index (χ1) is 13.8. The maximum Gasteiger partial charge on any atom is 0.236 e. The maximum absolute atomic E-state index is 12.6. The molecule has 29 heavy (non-hydrogen) atoms. The van der Waals surface area contributed by atoms with Gasteiger partial charge in [-0.05, 0) is 56.8 Å². The number of nitrogens with two attached hydrogens (primary N) is 1. The smallest absolute Gasteiger partial charge is 0.236 e. The number of halogens is 1. The van der Waals surface area contributed by atoms with E-state index >= 15 is 0 Å². The SMILES string of the molecule is NC(=O)C1CCN(C(=O)CN2CCCC(O)(COc3cccc(Cl)c3)CC2)CC1. The summed E-state index contributed by atoms with van der Waals surface area (Å²) in [6.45, 7) is 3.11. The van der Waals surface area contributed by atoms with Gasteiger partial charge in [-0.25, -0.2) is 0 Å². The molecule has 0 saturated carbocycles. The minimum Gasteiger partial charge on any atom is -0.491 e. The molecule has 0 aromatic heterocycles. The van der Waals surface area contributed by atoms with Gasteiger partial charge in [0.1, 0.15) is 12.4 Å². The average Bonchev–Trinajstić information content (AvgIpc) is 2.88. The molecule has 2 aliphatic heterocycles. The standard InChI is InChI=1S/C21H30ClN3O4/c22-17-3-1-4-18(13-17)29-15-21(28)7-2-9-24(12-8-21)14-19(26)25-10-5-16(6-11-25)20(23)27/h1,3-4,13,16,28H,2,5-12,14-15H2,(H2,23,27). The maximum atomic E-state index is 12.6. The third-order valence-electron chi connectivity index (χ3n) is 5.92. The number of rotatable bonds is 6. The van der Waals surface area contributed by atoms with Crippen molar-refractivity contribution in [3.63, 3.8) is 0 Å². The first-order valence-corrected chi connectivity index (χ1v) is 10.6. The monoisotopic (exact) mass is 423 g/mol. The van der Waals surface area contributed by atoms with E-state index in [9.17, 15) is 14.7 Å². The van der Waals surface area contributed by atoms with E-state index in [1.165, 1.54) is 0 Å². The molecule has 0 radical (unpaired) electrons. The summed E-state index contributed by atoms with van der Waals surface area (Å²) < 4.78 is 5.76. The minimum absolute atomic E-state index is 0.0773. The number of ether oxygens (including phenoxy) is 1. The topological polar surface area (TPSA) is 96.1 Å². The zero-order valence-electron chi connectivity index (χ0n) is 16.7. The summed E-state index contributed by atoms with van der Waals surface area (Å²) in [4.78, 5) is 27.8. The zero-order valence-corrected chi connectivity index (χ0v) is 17.4. The number of likely N-dealkylation sites (tertiary alicyclic amines) is 2. The Morgan fingerprint density at radius 1 is 1.21 bits per heavy atom. The largest absolute Gasteiger partial charge is 0.491 e. The number of benzene rings is 1. The van der Waals surface area contributed by atoms with Crippen LogP contribution < -0.4 is 10.5 Å². The molecule has 2 saturated heterocycles. The van der Waals surface area contributed by atoms with Crippen molar-refractivity contribution in [2.45, 2.75) is 37.7 Å². The van der Waals surface area contributed by atoms with Crippen molar-refractivity contribution in [3.8, 4) is 5.75 Å². The van der Waals surface area contributed by atoms with E-state index in [0.717, 1.165) is 13.0 Å². The molecule has 2 fully saturated rings. The summed E-state index contributed by atoms with van der Waals surface area (Å²) in [6, 6.07) is 7.14. The van der Waals surface area contributed by atoms with Crippen LogP contribution in [0.15, 0.2) is 24.3 Å². The molecule has 1 aromatic carbocycles. The van der Waals surface area contributed by atoms with Gasteiger partial charge in [0.25, 0.3) is 0 Å². The number of hydrogen-bond acceptors (Lipinski definition) is 5. The molecule has 7 nitrogen and oxygen atoms in total. The van der Waals surface area contributed by atoms with Gasteiger partial charge in [-0.3, -0.25) is 14.5 Å². The van der Waals surface area contributed by atoms with Crippen LogP contribution in [-0.4, -0.2) is 71.7 Å². The fraction of sp³-hybridized carbons (Fsp3) is 0.619. The van der Waals surface area contributed by atoms with Crippen molar-refractivity contribution in [1.29, 1.82) is 0 Å². The second-order valence-corrected chi connectivity index (χ2v) is 8.59. The van der Waals surface area contributed by atoms with Crippen LogP contribution >= 0.6 is 11.6 Å². The number of primary amides is 1. The lowest BCUT2D eigenvalue weighted by Gasteiger charge is -2.32. The Kier molecular flexibility index (Phi) is 7.38. The molecule has 0 spiro atoms. The molecule has 2 heterocycles. The molecular weight excluding hydrogens is 394 g/mol. The molecule has 1 unspecified atom stereocenters. The number of amides is 2. The molecule has 8 heteroatoms. The Balaban J connectivity index is 1.45. The first kappa shape index (κ1) is 21.9. The fourth-order valence-electron chi connectivity index (χ4n) is 4.02. The quantitative estimate of drug-likeness (QED) is 0.725. The normalized spacial score (nSPS) is 24.1. The van der Waals surface area contributed by atoms with Gasteiger partial charge in [0.15, 0.2) is 0 Å². The van der Waals surface area contributed by atoms with Crippen LogP contribution in [0.25, 0.3) is 0 Å². The van der Waals surface area contributed by atoms with E-state index < -0.39 is 5.60 Å². The number of carbonyl (C=O) groups is 2. The van der Waals surface area contributed by atoms with Crippen LogP contribution in [0.1, 0.15) is 32.1 Å². The molecule has 1 atom stereocenters. The lowest BCUT2D eigenvalue weighted by atomic mass is 9.96. The third-order valence-corrected chi connectivity index (χ3v) is 6.16. The van der Waals surface area contributed by atoms with Gasteiger partial charge in [0.05, 0.1) is 12.1 Å². The number of piperidine rings is 1. The zero-order chi connectivity index (χ0) is 20.9.